The lowest BCUT2D eigenvalue weighted by Gasteiger charge is -1.99. The van der Waals surface area contributed by atoms with Crippen molar-refractivity contribution in [1.82, 2.24) is 0 Å². The zero-order valence-electron chi connectivity index (χ0n) is 9.65. The Balaban J connectivity index is 2.44. The number of esters is 1. The van der Waals surface area contributed by atoms with Gasteiger partial charge in [0, 0.05) is 10.4 Å². The van der Waals surface area contributed by atoms with Crippen LogP contribution < -0.4 is 5.73 Å². The van der Waals surface area contributed by atoms with Crippen LogP contribution in [-0.2, 0) is 4.74 Å². The zero-order chi connectivity index (χ0) is 12.4. The van der Waals surface area contributed by atoms with E-state index in [0.29, 0.717) is 17.2 Å². The van der Waals surface area contributed by atoms with Gasteiger partial charge < -0.3 is 10.5 Å². The molecule has 2 aromatic heterocycles. The monoisotopic (exact) mass is 267 g/mol. The summed E-state index contributed by atoms with van der Waals surface area (Å²) < 4.78 is 4.99. The van der Waals surface area contributed by atoms with Crippen LogP contribution in [0.2, 0.25) is 0 Å². The van der Waals surface area contributed by atoms with Crippen LogP contribution >= 0.6 is 22.7 Å². The summed E-state index contributed by atoms with van der Waals surface area (Å²) in [5.74, 6) is -0.334. The predicted molar refractivity (Wildman–Crippen MR) is 72.7 cm³/mol. The highest BCUT2D eigenvalue weighted by atomic mass is 32.1. The molecule has 0 atom stereocenters. The Bertz CT molecular complexity index is 529. The fourth-order valence-corrected chi connectivity index (χ4v) is 3.38. The van der Waals surface area contributed by atoms with E-state index >= 15 is 0 Å². The van der Waals surface area contributed by atoms with E-state index in [1.54, 1.807) is 18.3 Å². The minimum absolute atomic E-state index is 0.334. The van der Waals surface area contributed by atoms with Crippen LogP contribution in [-0.4, -0.2) is 12.6 Å². The van der Waals surface area contributed by atoms with Crippen molar-refractivity contribution in [2.45, 2.75) is 13.8 Å². The Morgan fingerprint density at radius 1 is 1.53 bits per heavy atom. The first-order chi connectivity index (χ1) is 8.15. The van der Waals surface area contributed by atoms with Gasteiger partial charge in [-0.15, -0.1) is 11.3 Å². The summed E-state index contributed by atoms with van der Waals surface area (Å²) in [4.78, 5) is 13.3. The molecule has 0 spiro atoms. The van der Waals surface area contributed by atoms with Gasteiger partial charge >= 0.3 is 5.97 Å². The molecule has 5 heteroatoms. The second-order valence-corrected chi connectivity index (χ2v) is 5.33. The molecule has 90 valence electrons. The van der Waals surface area contributed by atoms with E-state index in [1.165, 1.54) is 11.3 Å². The summed E-state index contributed by atoms with van der Waals surface area (Å²) in [5.41, 5.74) is 8.56. The van der Waals surface area contributed by atoms with Gasteiger partial charge in [0.1, 0.15) is 4.88 Å². The Kier molecular flexibility index (Phi) is 3.49. The number of anilines is 1. The van der Waals surface area contributed by atoms with Crippen molar-refractivity contribution in [3.05, 3.63) is 27.3 Å². The number of nitrogens with two attached hydrogens (primary N) is 1. The molecule has 0 aliphatic rings. The van der Waals surface area contributed by atoms with Gasteiger partial charge in [-0.2, -0.15) is 11.3 Å². The zero-order valence-corrected chi connectivity index (χ0v) is 11.3. The lowest BCUT2D eigenvalue weighted by molar-refractivity contribution is 0.0533. The average molecular weight is 267 g/mol. The Morgan fingerprint density at radius 2 is 2.29 bits per heavy atom. The molecule has 2 rings (SSSR count). The fraction of sp³-hybridized carbons (Fsp3) is 0.250. The van der Waals surface area contributed by atoms with Crippen LogP contribution in [0.4, 0.5) is 5.69 Å². The molecule has 0 saturated heterocycles. The van der Waals surface area contributed by atoms with E-state index in [4.69, 9.17) is 10.5 Å². The van der Waals surface area contributed by atoms with Gasteiger partial charge in [0.15, 0.2) is 0 Å². The third-order valence-corrected chi connectivity index (χ3v) is 4.46. The third kappa shape index (κ3) is 2.21. The molecule has 0 fully saturated rings. The minimum Gasteiger partial charge on any atom is -0.462 e. The Hall–Kier alpha value is -1.33. The second-order valence-electron chi connectivity index (χ2n) is 3.53. The molecule has 0 saturated carbocycles. The van der Waals surface area contributed by atoms with Crippen molar-refractivity contribution < 1.29 is 9.53 Å². The number of rotatable bonds is 3. The van der Waals surface area contributed by atoms with Crippen molar-refractivity contribution in [3.63, 3.8) is 0 Å². The predicted octanol–water partition coefficient (Wildman–Crippen LogP) is 3.54. The summed E-state index contributed by atoms with van der Waals surface area (Å²) >= 11 is 3.03. The molecule has 0 amide bonds. The van der Waals surface area contributed by atoms with Gasteiger partial charge in [0.05, 0.1) is 12.3 Å². The van der Waals surface area contributed by atoms with Gasteiger partial charge in [-0.05, 0) is 36.2 Å². The van der Waals surface area contributed by atoms with Crippen molar-refractivity contribution in [1.29, 1.82) is 0 Å². The molecule has 0 bridgehead atoms. The quantitative estimate of drug-likeness (QED) is 0.865. The number of carbonyl (C=O) groups excluding carboxylic acids is 1. The van der Waals surface area contributed by atoms with Gasteiger partial charge in [-0.3, -0.25) is 0 Å². The van der Waals surface area contributed by atoms with Crippen LogP contribution in [0.25, 0.3) is 10.4 Å². The van der Waals surface area contributed by atoms with E-state index in [0.717, 1.165) is 16.0 Å². The number of carbonyl (C=O) groups is 1. The first-order valence-electron chi connectivity index (χ1n) is 5.23. The van der Waals surface area contributed by atoms with Crippen LogP contribution in [0.15, 0.2) is 16.8 Å². The normalized spacial score (nSPS) is 10.5. The van der Waals surface area contributed by atoms with Crippen molar-refractivity contribution >= 4 is 34.3 Å². The molecule has 17 heavy (non-hydrogen) atoms. The molecule has 0 aromatic carbocycles. The van der Waals surface area contributed by atoms with Crippen molar-refractivity contribution in [2.24, 2.45) is 0 Å². The van der Waals surface area contributed by atoms with E-state index in [1.807, 2.05) is 23.8 Å². The first kappa shape index (κ1) is 12.1. The van der Waals surface area contributed by atoms with Crippen LogP contribution in [0, 0.1) is 6.92 Å². The molecular weight excluding hydrogens is 254 g/mol. The average Bonchev–Trinajstić information content (AvgIpc) is 2.90. The van der Waals surface area contributed by atoms with E-state index < -0.39 is 0 Å². The lowest BCUT2D eigenvalue weighted by atomic mass is 10.1. The van der Waals surface area contributed by atoms with E-state index in [-0.39, 0.29) is 5.97 Å². The second kappa shape index (κ2) is 4.89. The number of hydrogen-bond donors (Lipinski definition) is 1. The first-order valence-corrected chi connectivity index (χ1v) is 6.99. The van der Waals surface area contributed by atoms with Crippen molar-refractivity contribution in [3.8, 4) is 10.4 Å². The molecule has 2 N–H and O–H groups in total. The molecule has 0 aliphatic heterocycles. The molecule has 0 unspecified atom stereocenters. The number of nitrogen functional groups attached to an aromatic ring is 1. The van der Waals surface area contributed by atoms with Crippen LogP contribution in [0.1, 0.15) is 22.2 Å². The van der Waals surface area contributed by atoms with Gasteiger partial charge in [0.25, 0.3) is 0 Å². The van der Waals surface area contributed by atoms with Gasteiger partial charge in [-0.1, -0.05) is 0 Å². The summed E-state index contributed by atoms with van der Waals surface area (Å²) in [6.07, 6.45) is 0. The van der Waals surface area contributed by atoms with Crippen molar-refractivity contribution in [2.75, 3.05) is 12.3 Å². The number of ether oxygens (including phenoxy) is 1. The maximum Gasteiger partial charge on any atom is 0.350 e. The number of hydrogen-bond acceptors (Lipinski definition) is 5. The van der Waals surface area contributed by atoms with Crippen LogP contribution in [0.3, 0.4) is 0 Å². The maximum atomic E-state index is 11.7. The van der Waals surface area contributed by atoms with E-state index in [9.17, 15) is 4.79 Å². The molecule has 3 nitrogen and oxygen atoms in total. The SMILES string of the molecule is CCOC(=O)c1sc(-c2ccsc2)c(C)c1N. The number of thiophene rings is 2. The van der Waals surface area contributed by atoms with E-state index in [2.05, 4.69) is 0 Å². The highest BCUT2D eigenvalue weighted by Crippen LogP contribution is 2.39. The molecule has 0 aliphatic carbocycles. The smallest absolute Gasteiger partial charge is 0.350 e. The molecule has 0 radical (unpaired) electrons. The maximum absolute atomic E-state index is 11.7. The summed E-state index contributed by atoms with van der Waals surface area (Å²) in [5, 5.41) is 4.06. The molecule has 2 aromatic rings. The van der Waals surface area contributed by atoms with Gasteiger partial charge in [0.2, 0.25) is 0 Å². The topological polar surface area (TPSA) is 52.3 Å². The molecule has 2 heterocycles. The highest BCUT2D eigenvalue weighted by molar-refractivity contribution is 7.18. The fourth-order valence-electron chi connectivity index (χ4n) is 1.54. The third-order valence-electron chi connectivity index (χ3n) is 2.44. The van der Waals surface area contributed by atoms with Crippen LogP contribution in [0.5, 0.6) is 0 Å². The highest BCUT2D eigenvalue weighted by Gasteiger charge is 2.20. The Labute approximate surface area is 108 Å². The minimum atomic E-state index is -0.334. The lowest BCUT2D eigenvalue weighted by Crippen LogP contribution is -2.05. The Morgan fingerprint density at radius 3 is 2.88 bits per heavy atom. The standard InChI is InChI=1S/C12H13NO2S2/c1-3-15-12(14)11-9(13)7(2)10(17-11)8-4-5-16-6-8/h4-6H,3,13H2,1-2H3. The summed E-state index contributed by atoms with van der Waals surface area (Å²) in [6, 6.07) is 2.03. The van der Waals surface area contributed by atoms with Gasteiger partial charge in [-0.25, -0.2) is 4.79 Å². The summed E-state index contributed by atoms with van der Waals surface area (Å²) in [6.45, 7) is 4.08. The summed E-state index contributed by atoms with van der Waals surface area (Å²) in [7, 11) is 0. The largest absolute Gasteiger partial charge is 0.462 e. The molecular formula is C12H13NO2S2.